The molecule has 1 amide bonds. The highest BCUT2D eigenvalue weighted by Crippen LogP contribution is 2.30. The second kappa shape index (κ2) is 7.36. The van der Waals surface area contributed by atoms with E-state index in [1.54, 1.807) is 0 Å². The van der Waals surface area contributed by atoms with Crippen LogP contribution >= 0.6 is 0 Å². The van der Waals surface area contributed by atoms with Crippen LogP contribution in [0.3, 0.4) is 0 Å². The number of pyridine rings is 1. The van der Waals surface area contributed by atoms with Gasteiger partial charge in [0, 0.05) is 37.6 Å². The van der Waals surface area contributed by atoms with Gasteiger partial charge in [-0.15, -0.1) is 0 Å². The molecule has 4 nitrogen and oxygen atoms in total. The summed E-state index contributed by atoms with van der Waals surface area (Å²) >= 11 is 0. The number of amides is 1. The van der Waals surface area contributed by atoms with Crippen molar-refractivity contribution < 1.29 is 4.79 Å². The first-order valence-electron chi connectivity index (χ1n) is 9.27. The molecule has 0 unspecified atom stereocenters. The molecule has 0 aliphatic carbocycles. The lowest BCUT2D eigenvalue weighted by molar-refractivity contribution is -0.117. The van der Waals surface area contributed by atoms with Crippen molar-refractivity contribution in [3.8, 4) is 0 Å². The lowest BCUT2D eigenvalue weighted by Crippen LogP contribution is -2.37. The molecule has 4 heteroatoms. The van der Waals surface area contributed by atoms with Crippen molar-refractivity contribution in [2.24, 2.45) is 5.92 Å². The summed E-state index contributed by atoms with van der Waals surface area (Å²) in [7, 11) is 0. The second-order valence-electron chi connectivity index (χ2n) is 7.27. The number of rotatable bonds is 4. The van der Waals surface area contributed by atoms with Crippen LogP contribution in [0, 0.1) is 5.92 Å². The summed E-state index contributed by atoms with van der Waals surface area (Å²) in [5, 5.41) is 0. The standard InChI is InChI=1S/C21H25N3O/c25-21-14-17(16-24(21)20-4-2-1-3-5-20)15-23-12-8-19(9-13-23)18-6-10-22-11-7-18/h1-7,10-11,17,19H,8-9,12-16H2/t17-/m0/s1. The maximum absolute atomic E-state index is 12.4. The second-order valence-corrected chi connectivity index (χ2v) is 7.27. The molecule has 0 bridgehead atoms. The molecule has 25 heavy (non-hydrogen) atoms. The molecule has 0 spiro atoms. The Balaban J connectivity index is 1.30. The van der Waals surface area contributed by atoms with Gasteiger partial charge in [0.2, 0.25) is 5.91 Å². The van der Waals surface area contributed by atoms with Gasteiger partial charge in [0.25, 0.3) is 0 Å². The van der Waals surface area contributed by atoms with Gasteiger partial charge in [-0.05, 0) is 67.6 Å². The van der Waals surface area contributed by atoms with E-state index in [0.29, 0.717) is 18.3 Å². The molecule has 2 aliphatic heterocycles. The Bertz CT molecular complexity index is 696. The quantitative estimate of drug-likeness (QED) is 0.860. The molecule has 4 rings (SSSR count). The summed E-state index contributed by atoms with van der Waals surface area (Å²) < 4.78 is 0. The number of piperidine rings is 1. The molecule has 1 aromatic carbocycles. The third-order valence-corrected chi connectivity index (χ3v) is 5.55. The van der Waals surface area contributed by atoms with Crippen LogP contribution in [0.1, 0.15) is 30.7 Å². The lowest BCUT2D eigenvalue weighted by atomic mass is 9.89. The highest BCUT2D eigenvalue weighted by Gasteiger charge is 2.32. The van der Waals surface area contributed by atoms with E-state index in [1.165, 1.54) is 18.4 Å². The fourth-order valence-electron chi connectivity index (χ4n) is 4.21. The van der Waals surface area contributed by atoms with Crippen molar-refractivity contribution in [2.75, 3.05) is 31.1 Å². The van der Waals surface area contributed by atoms with Gasteiger partial charge in [0.1, 0.15) is 0 Å². The molecule has 2 saturated heterocycles. The fourth-order valence-corrected chi connectivity index (χ4v) is 4.21. The Labute approximate surface area is 149 Å². The lowest BCUT2D eigenvalue weighted by Gasteiger charge is -2.33. The summed E-state index contributed by atoms with van der Waals surface area (Å²) in [5.74, 6) is 1.37. The molecule has 2 fully saturated rings. The molecule has 0 saturated carbocycles. The maximum atomic E-state index is 12.4. The smallest absolute Gasteiger partial charge is 0.227 e. The summed E-state index contributed by atoms with van der Waals surface area (Å²) in [6.45, 7) is 4.15. The van der Waals surface area contributed by atoms with Crippen LogP contribution < -0.4 is 4.90 Å². The summed E-state index contributed by atoms with van der Waals surface area (Å²) in [6, 6.07) is 14.3. The number of carbonyl (C=O) groups is 1. The van der Waals surface area contributed by atoms with Gasteiger partial charge < -0.3 is 9.80 Å². The van der Waals surface area contributed by atoms with Gasteiger partial charge >= 0.3 is 0 Å². The Morgan fingerprint density at radius 1 is 1.00 bits per heavy atom. The molecular weight excluding hydrogens is 310 g/mol. The number of nitrogens with zero attached hydrogens (tertiary/aromatic N) is 3. The van der Waals surface area contributed by atoms with Gasteiger partial charge in [-0.2, -0.15) is 0 Å². The zero-order valence-electron chi connectivity index (χ0n) is 14.6. The monoisotopic (exact) mass is 335 g/mol. The Morgan fingerprint density at radius 2 is 1.72 bits per heavy atom. The van der Waals surface area contributed by atoms with Crippen LogP contribution in [0.4, 0.5) is 5.69 Å². The number of anilines is 1. The SMILES string of the molecule is O=C1C[C@@H](CN2CCC(c3ccncc3)CC2)CN1c1ccccc1. The molecule has 130 valence electrons. The minimum atomic E-state index is 0.267. The van der Waals surface area contributed by atoms with Crippen molar-refractivity contribution in [3.63, 3.8) is 0 Å². The van der Waals surface area contributed by atoms with Gasteiger partial charge in [-0.3, -0.25) is 9.78 Å². The van der Waals surface area contributed by atoms with E-state index in [0.717, 1.165) is 31.9 Å². The van der Waals surface area contributed by atoms with E-state index >= 15 is 0 Å². The van der Waals surface area contributed by atoms with Crippen LogP contribution in [0.25, 0.3) is 0 Å². The highest BCUT2D eigenvalue weighted by atomic mass is 16.2. The molecule has 1 aromatic heterocycles. The first kappa shape index (κ1) is 16.3. The highest BCUT2D eigenvalue weighted by molar-refractivity contribution is 5.95. The average molecular weight is 335 g/mol. The van der Waals surface area contributed by atoms with Gasteiger partial charge in [-0.1, -0.05) is 18.2 Å². The predicted octanol–water partition coefficient (Wildman–Crippen LogP) is 3.31. The third-order valence-electron chi connectivity index (χ3n) is 5.55. The maximum Gasteiger partial charge on any atom is 0.227 e. The van der Waals surface area contributed by atoms with Crippen LogP contribution in [0.2, 0.25) is 0 Å². The average Bonchev–Trinajstić information content (AvgIpc) is 3.04. The third kappa shape index (κ3) is 3.74. The van der Waals surface area contributed by atoms with Gasteiger partial charge in [-0.25, -0.2) is 0 Å². The van der Waals surface area contributed by atoms with E-state index in [9.17, 15) is 4.79 Å². The zero-order chi connectivity index (χ0) is 17.1. The molecule has 3 heterocycles. The zero-order valence-corrected chi connectivity index (χ0v) is 14.6. The number of benzene rings is 1. The normalized spacial score (nSPS) is 22.5. The van der Waals surface area contributed by atoms with Crippen LogP contribution in [0.5, 0.6) is 0 Å². The minimum Gasteiger partial charge on any atom is -0.312 e. The Morgan fingerprint density at radius 3 is 2.44 bits per heavy atom. The van der Waals surface area contributed by atoms with E-state index in [-0.39, 0.29) is 5.91 Å². The minimum absolute atomic E-state index is 0.267. The first-order chi connectivity index (χ1) is 12.3. The number of hydrogen-bond donors (Lipinski definition) is 0. The van der Waals surface area contributed by atoms with Crippen molar-refractivity contribution in [1.82, 2.24) is 9.88 Å². The van der Waals surface area contributed by atoms with Crippen LogP contribution in [-0.4, -0.2) is 42.0 Å². The summed E-state index contributed by atoms with van der Waals surface area (Å²) in [4.78, 5) is 21.0. The van der Waals surface area contributed by atoms with E-state index in [4.69, 9.17) is 0 Å². The molecule has 1 atom stereocenters. The molecule has 0 N–H and O–H groups in total. The fraction of sp³-hybridized carbons (Fsp3) is 0.429. The van der Waals surface area contributed by atoms with Gasteiger partial charge in [0.15, 0.2) is 0 Å². The number of para-hydroxylation sites is 1. The van der Waals surface area contributed by atoms with Crippen molar-refractivity contribution >= 4 is 11.6 Å². The predicted molar refractivity (Wildman–Crippen MR) is 99.6 cm³/mol. The van der Waals surface area contributed by atoms with E-state index in [1.807, 2.05) is 47.6 Å². The molecule has 2 aliphatic rings. The topological polar surface area (TPSA) is 36.4 Å². The van der Waals surface area contributed by atoms with Crippen molar-refractivity contribution in [3.05, 3.63) is 60.4 Å². The number of carbonyl (C=O) groups excluding carboxylic acids is 1. The molecule has 2 aromatic rings. The van der Waals surface area contributed by atoms with Crippen LogP contribution in [-0.2, 0) is 4.79 Å². The number of likely N-dealkylation sites (tertiary alicyclic amines) is 1. The first-order valence-corrected chi connectivity index (χ1v) is 9.27. The Kier molecular flexibility index (Phi) is 4.79. The number of hydrogen-bond acceptors (Lipinski definition) is 3. The van der Waals surface area contributed by atoms with Gasteiger partial charge in [0.05, 0.1) is 0 Å². The summed E-state index contributed by atoms with van der Waals surface area (Å²) in [6.07, 6.45) is 6.87. The Hall–Kier alpha value is -2.20. The van der Waals surface area contributed by atoms with Crippen molar-refractivity contribution in [1.29, 1.82) is 0 Å². The van der Waals surface area contributed by atoms with E-state index in [2.05, 4.69) is 22.0 Å². The largest absolute Gasteiger partial charge is 0.312 e. The van der Waals surface area contributed by atoms with Crippen molar-refractivity contribution in [2.45, 2.75) is 25.2 Å². The number of aromatic nitrogens is 1. The molecule has 0 radical (unpaired) electrons. The van der Waals surface area contributed by atoms with Crippen LogP contribution in [0.15, 0.2) is 54.9 Å². The summed E-state index contributed by atoms with van der Waals surface area (Å²) in [5.41, 5.74) is 2.45. The molecular formula is C21H25N3O. The van der Waals surface area contributed by atoms with E-state index < -0.39 is 0 Å².